The molecule has 0 spiro atoms. The summed E-state index contributed by atoms with van der Waals surface area (Å²) < 4.78 is 6.49. The third-order valence-electron chi connectivity index (χ3n) is 9.70. The second-order valence-electron chi connectivity index (χ2n) is 12.6. The van der Waals surface area contributed by atoms with Crippen LogP contribution in [0.15, 0.2) is 178 Å². The van der Waals surface area contributed by atoms with E-state index >= 15 is 0 Å². The first-order valence-electron chi connectivity index (χ1n) is 16.6. The standard InChI is InChI=1S/C45H29N3O/c1-2-13-29(14-3-1)43-46-44(32-23-22-28-12-4-5-15-30(28)26-32)48-45(47-43)42-36(24-25-40-41(42)37-20-10-11-21-39(37)49-40)38-27-31-16-6-7-17-33(31)34-18-8-9-19-35(34)38/h1-27,43H,(H,46,47,48). The molecule has 230 valence electrons. The van der Waals surface area contributed by atoms with Crippen molar-refractivity contribution in [2.75, 3.05) is 0 Å². The van der Waals surface area contributed by atoms with Crippen LogP contribution in [0.5, 0.6) is 0 Å². The van der Waals surface area contributed by atoms with Gasteiger partial charge in [-0.05, 0) is 79.3 Å². The van der Waals surface area contributed by atoms with Crippen LogP contribution in [0, 0.1) is 0 Å². The first-order valence-corrected chi connectivity index (χ1v) is 16.6. The van der Waals surface area contributed by atoms with Crippen molar-refractivity contribution in [2.24, 2.45) is 9.98 Å². The fraction of sp³-hybridized carbons (Fsp3) is 0.0222. The molecule has 1 aromatic heterocycles. The number of fused-ring (bicyclic) bond motifs is 7. The number of hydrogen-bond donors (Lipinski definition) is 1. The molecule has 0 amide bonds. The van der Waals surface area contributed by atoms with Crippen LogP contribution in [-0.2, 0) is 0 Å². The minimum absolute atomic E-state index is 0.343. The fourth-order valence-corrected chi connectivity index (χ4v) is 7.40. The van der Waals surface area contributed by atoms with E-state index in [2.05, 4.69) is 151 Å². The van der Waals surface area contributed by atoms with Crippen LogP contribution in [-0.4, -0.2) is 11.7 Å². The summed E-state index contributed by atoms with van der Waals surface area (Å²) in [5.41, 5.74) is 6.93. The Bertz CT molecular complexity index is 2810. The molecule has 49 heavy (non-hydrogen) atoms. The molecule has 1 unspecified atom stereocenters. The van der Waals surface area contributed by atoms with Crippen molar-refractivity contribution in [3.05, 3.63) is 180 Å². The summed E-state index contributed by atoms with van der Waals surface area (Å²) in [5.74, 6) is 1.45. The third kappa shape index (κ3) is 4.53. The zero-order valence-corrected chi connectivity index (χ0v) is 26.5. The Morgan fingerprint density at radius 2 is 1.18 bits per heavy atom. The van der Waals surface area contributed by atoms with Gasteiger partial charge in [0.05, 0.1) is 0 Å². The Morgan fingerprint density at radius 3 is 2.04 bits per heavy atom. The van der Waals surface area contributed by atoms with E-state index in [9.17, 15) is 0 Å². The lowest BCUT2D eigenvalue weighted by molar-refractivity contribution is 0.668. The Kier molecular flexibility index (Phi) is 6.21. The summed E-state index contributed by atoms with van der Waals surface area (Å²) in [7, 11) is 0. The molecule has 0 radical (unpaired) electrons. The number of benzene rings is 8. The highest BCUT2D eigenvalue weighted by Gasteiger charge is 2.27. The average molecular weight is 628 g/mol. The molecule has 0 saturated heterocycles. The van der Waals surface area contributed by atoms with Crippen LogP contribution in [0.1, 0.15) is 22.9 Å². The Labute approximate surface area is 282 Å². The molecular formula is C45H29N3O. The van der Waals surface area contributed by atoms with Gasteiger partial charge in [0.1, 0.15) is 23.2 Å². The number of amidine groups is 2. The maximum Gasteiger partial charge on any atom is 0.159 e. The predicted octanol–water partition coefficient (Wildman–Crippen LogP) is 11.2. The summed E-state index contributed by atoms with van der Waals surface area (Å²) in [4.78, 5) is 10.6. The minimum Gasteiger partial charge on any atom is -0.456 e. The van der Waals surface area contributed by atoms with E-state index in [0.717, 1.165) is 61.0 Å². The predicted molar refractivity (Wildman–Crippen MR) is 204 cm³/mol. The lowest BCUT2D eigenvalue weighted by atomic mass is 9.88. The zero-order valence-electron chi connectivity index (χ0n) is 26.5. The largest absolute Gasteiger partial charge is 0.456 e. The number of furan rings is 1. The van der Waals surface area contributed by atoms with E-state index in [1.165, 1.54) is 26.9 Å². The topological polar surface area (TPSA) is 49.9 Å². The Hall–Kier alpha value is -6.52. The van der Waals surface area contributed by atoms with Crippen LogP contribution in [0.4, 0.5) is 0 Å². The molecule has 0 saturated carbocycles. The third-order valence-corrected chi connectivity index (χ3v) is 9.70. The molecule has 0 bridgehead atoms. The molecule has 0 fully saturated rings. The van der Waals surface area contributed by atoms with Gasteiger partial charge in [-0.1, -0.05) is 133 Å². The summed E-state index contributed by atoms with van der Waals surface area (Å²) in [5, 5.41) is 13.0. The number of rotatable bonds is 4. The van der Waals surface area contributed by atoms with Crippen molar-refractivity contribution in [3.63, 3.8) is 0 Å². The van der Waals surface area contributed by atoms with Crippen LogP contribution < -0.4 is 5.32 Å². The van der Waals surface area contributed by atoms with Gasteiger partial charge in [0, 0.05) is 21.9 Å². The first-order chi connectivity index (χ1) is 24.3. The molecule has 1 N–H and O–H groups in total. The van der Waals surface area contributed by atoms with Crippen LogP contribution in [0.2, 0.25) is 0 Å². The number of aliphatic imine (C=N–C) groups is 2. The van der Waals surface area contributed by atoms with Gasteiger partial charge in [-0.3, -0.25) is 0 Å². The van der Waals surface area contributed by atoms with Crippen molar-refractivity contribution in [1.82, 2.24) is 5.32 Å². The highest BCUT2D eigenvalue weighted by Crippen LogP contribution is 2.42. The fourth-order valence-electron chi connectivity index (χ4n) is 7.40. The van der Waals surface area contributed by atoms with Crippen LogP contribution in [0.25, 0.3) is 65.4 Å². The molecule has 0 aliphatic carbocycles. The van der Waals surface area contributed by atoms with Crippen LogP contribution >= 0.6 is 0 Å². The van der Waals surface area contributed by atoms with Gasteiger partial charge in [-0.25, -0.2) is 9.98 Å². The first kappa shape index (κ1) is 27.6. The molecule has 10 rings (SSSR count). The molecule has 4 heteroatoms. The molecule has 1 aliphatic heterocycles. The van der Waals surface area contributed by atoms with Gasteiger partial charge in [-0.15, -0.1) is 0 Å². The van der Waals surface area contributed by atoms with Crippen molar-refractivity contribution >= 4 is 65.9 Å². The van der Waals surface area contributed by atoms with Crippen molar-refractivity contribution < 1.29 is 4.42 Å². The van der Waals surface area contributed by atoms with Gasteiger partial charge in [0.25, 0.3) is 0 Å². The summed E-state index contributed by atoms with van der Waals surface area (Å²) in [6.07, 6.45) is -0.343. The van der Waals surface area contributed by atoms with Crippen molar-refractivity contribution in [1.29, 1.82) is 0 Å². The minimum atomic E-state index is -0.343. The van der Waals surface area contributed by atoms with E-state index in [4.69, 9.17) is 14.4 Å². The van der Waals surface area contributed by atoms with Gasteiger partial charge < -0.3 is 9.73 Å². The molecule has 1 aliphatic rings. The summed E-state index contributed by atoms with van der Waals surface area (Å²) in [6, 6.07) is 57.5. The normalized spacial score (nSPS) is 14.7. The summed E-state index contributed by atoms with van der Waals surface area (Å²) >= 11 is 0. The number of hydrogen-bond acceptors (Lipinski definition) is 4. The monoisotopic (exact) mass is 627 g/mol. The zero-order chi connectivity index (χ0) is 32.3. The second kappa shape index (κ2) is 11.0. The number of para-hydroxylation sites is 1. The molecular weight excluding hydrogens is 599 g/mol. The molecule has 8 aromatic carbocycles. The lowest BCUT2D eigenvalue weighted by Gasteiger charge is -2.25. The summed E-state index contributed by atoms with van der Waals surface area (Å²) in [6.45, 7) is 0. The SMILES string of the molecule is c1ccc(C2N=C(c3ccc4ccccc4c3)N=C(c3c(-c4cc5ccccc5c5ccccc45)ccc4oc5ccccc5c34)N2)cc1. The molecule has 9 aromatic rings. The van der Waals surface area contributed by atoms with E-state index in [1.807, 2.05) is 18.2 Å². The highest BCUT2D eigenvalue weighted by molar-refractivity contribution is 6.26. The Balaban J connectivity index is 1.29. The molecule has 2 heterocycles. The maximum atomic E-state index is 6.49. The molecule has 1 atom stereocenters. The van der Waals surface area contributed by atoms with Crippen LogP contribution in [0.3, 0.4) is 0 Å². The van der Waals surface area contributed by atoms with Crippen molar-refractivity contribution in [2.45, 2.75) is 6.17 Å². The number of nitrogens with one attached hydrogen (secondary N) is 1. The van der Waals surface area contributed by atoms with Gasteiger partial charge in [0.2, 0.25) is 0 Å². The number of nitrogens with zero attached hydrogens (tertiary/aromatic N) is 2. The van der Waals surface area contributed by atoms with Crippen molar-refractivity contribution in [3.8, 4) is 11.1 Å². The smallest absolute Gasteiger partial charge is 0.159 e. The van der Waals surface area contributed by atoms with E-state index in [0.29, 0.717) is 5.84 Å². The second-order valence-corrected chi connectivity index (χ2v) is 12.6. The van der Waals surface area contributed by atoms with E-state index in [1.54, 1.807) is 0 Å². The van der Waals surface area contributed by atoms with Gasteiger partial charge >= 0.3 is 0 Å². The van der Waals surface area contributed by atoms with Gasteiger partial charge in [-0.2, -0.15) is 0 Å². The van der Waals surface area contributed by atoms with E-state index in [-0.39, 0.29) is 6.17 Å². The lowest BCUT2D eigenvalue weighted by Crippen LogP contribution is -2.34. The average Bonchev–Trinajstić information content (AvgIpc) is 3.56. The quantitative estimate of drug-likeness (QED) is 0.197. The maximum absolute atomic E-state index is 6.49. The Morgan fingerprint density at radius 1 is 0.490 bits per heavy atom. The highest BCUT2D eigenvalue weighted by atomic mass is 16.3. The molecule has 4 nitrogen and oxygen atoms in total. The van der Waals surface area contributed by atoms with Gasteiger partial charge in [0.15, 0.2) is 5.84 Å². The van der Waals surface area contributed by atoms with E-state index < -0.39 is 0 Å².